The third kappa shape index (κ3) is 4.44. The van der Waals surface area contributed by atoms with Crippen LogP contribution in [0.1, 0.15) is 37.4 Å². The van der Waals surface area contributed by atoms with Crippen molar-refractivity contribution in [1.29, 1.82) is 0 Å². The fourth-order valence-electron chi connectivity index (χ4n) is 2.48. The molecular formula is C15H21N3O5S. The summed E-state index contributed by atoms with van der Waals surface area (Å²) < 4.78 is 5.23. The number of ether oxygens (including phenoxy) is 1. The van der Waals surface area contributed by atoms with E-state index in [9.17, 15) is 19.7 Å². The Bertz CT molecular complexity index is 652. The number of likely N-dealkylation sites (tertiary alicyclic amines) is 1. The molecule has 0 radical (unpaired) electrons. The van der Waals surface area contributed by atoms with Crippen LogP contribution in [0.25, 0.3) is 0 Å². The number of alkyl carbamates (subject to hydrolysis) is 1. The molecule has 1 saturated heterocycles. The minimum absolute atomic E-state index is 0.0611. The molecule has 1 aromatic heterocycles. The summed E-state index contributed by atoms with van der Waals surface area (Å²) in [4.78, 5) is 36.5. The fraction of sp³-hybridized carbons (Fsp3) is 0.600. The van der Waals surface area contributed by atoms with Crippen LogP contribution >= 0.6 is 11.3 Å². The van der Waals surface area contributed by atoms with E-state index < -0.39 is 16.6 Å². The predicted octanol–water partition coefficient (Wildman–Crippen LogP) is 2.64. The van der Waals surface area contributed by atoms with Gasteiger partial charge in [0, 0.05) is 19.2 Å². The van der Waals surface area contributed by atoms with Gasteiger partial charge in [0.25, 0.3) is 5.91 Å². The molecule has 8 nitrogen and oxygen atoms in total. The number of hydrogen-bond donors (Lipinski definition) is 1. The highest BCUT2D eigenvalue weighted by Crippen LogP contribution is 2.27. The number of amides is 2. The van der Waals surface area contributed by atoms with Crippen LogP contribution in [0.5, 0.6) is 0 Å². The van der Waals surface area contributed by atoms with Crippen LogP contribution in [0.2, 0.25) is 0 Å². The van der Waals surface area contributed by atoms with Gasteiger partial charge in [0.15, 0.2) is 0 Å². The number of nitrogens with one attached hydrogen (secondary N) is 1. The maximum Gasteiger partial charge on any atom is 0.407 e. The molecule has 2 rings (SSSR count). The fourth-order valence-corrected chi connectivity index (χ4v) is 3.26. The summed E-state index contributed by atoms with van der Waals surface area (Å²) in [6.45, 7) is 8.11. The van der Waals surface area contributed by atoms with Crippen LogP contribution in [0.15, 0.2) is 12.1 Å². The van der Waals surface area contributed by atoms with Crippen molar-refractivity contribution in [1.82, 2.24) is 10.2 Å². The summed E-state index contributed by atoms with van der Waals surface area (Å²) >= 11 is 0.858. The van der Waals surface area contributed by atoms with E-state index in [-0.39, 0.29) is 22.9 Å². The van der Waals surface area contributed by atoms with Gasteiger partial charge in [0.2, 0.25) is 0 Å². The number of hydrogen-bond acceptors (Lipinski definition) is 6. The van der Waals surface area contributed by atoms with Gasteiger partial charge in [-0.15, -0.1) is 0 Å². The van der Waals surface area contributed by atoms with E-state index in [4.69, 9.17) is 4.74 Å². The molecule has 1 aliphatic rings. The Balaban J connectivity index is 1.98. The molecule has 1 aromatic rings. The van der Waals surface area contributed by atoms with Crippen molar-refractivity contribution in [3.05, 3.63) is 27.1 Å². The highest BCUT2D eigenvalue weighted by Gasteiger charge is 2.35. The second-order valence-corrected chi connectivity index (χ2v) is 7.90. The first kappa shape index (κ1) is 18.2. The molecule has 1 aliphatic heterocycles. The van der Waals surface area contributed by atoms with Gasteiger partial charge in [-0.1, -0.05) is 18.3 Å². The van der Waals surface area contributed by atoms with E-state index in [1.54, 1.807) is 25.7 Å². The third-order valence-corrected chi connectivity index (χ3v) is 4.61. The Morgan fingerprint density at radius 3 is 2.58 bits per heavy atom. The molecule has 0 saturated carbocycles. The molecule has 0 bridgehead atoms. The summed E-state index contributed by atoms with van der Waals surface area (Å²) in [6.07, 6.45) is -0.514. The van der Waals surface area contributed by atoms with Crippen molar-refractivity contribution >= 4 is 28.3 Å². The van der Waals surface area contributed by atoms with Crippen LogP contribution in [0.4, 0.5) is 9.80 Å². The van der Waals surface area contributed by atoms with Gasteiger partial charge in [0.05, 0.1) is 15.8 Å². The van der Waals surface area contributed by atoms with E-state index in [0.29, 0.717) is 18.0 Å². The topological polar surface area (TPSA) is 102 Å². The highest BCUT2D eigenvalue weighted by atomic mass is 32.1. The summed E-state index contributed by atoms with van der Waals surface area (Å²) in [6, 6.07) is 2.58. The van der Waals surface area contributed by atoms with Gasteiger partial charge in [-0.25, -0.2) is 4.79 Å². The van der Waals surface area contributed by atoms with Crippen LogP contribution in [-0.2, 0) is 4.74 Å². The van der Waals surface area contributed by atoms with Crippen molar-refractivity contribution in [2.24, 2.45) is 5.92 Å². The number of carbonyl (C=O) groups excluding carboxylic acids is 2. The van der Waals surface area contributed by atoms with E-state index in [2.05, 4.69) is 5.32 Å². The lowest BCUT2D eigenvalue weighted by Gasteiger charge is -2.23. The Morgan fingerprint density at radius 2 is 2.04 bits per heavy atom. The minimum Gasteiger partial charge on any atom is -0.444 e. The Morgan fingerprint density at radius 1 is 1.38 bits per heavy atom. The van der Waals surface area contributed by atoms with Gasteiger partial charge in [-0.2, -0.15) is 0 Å². The molecule has 0 unspecified atom stereocenters. The Labute approximate surface area is 143 Å². The molecule has 2 heterocycles. The van der Waals surface area contributed by atoms with Crippen LogP contribution in [0, 0.1) is 16.0 Å². The molecule has 0 aromatic carbocycles. The summed E-state index contributed by atoms with van der Waals surface area (Å²) in [7, 11) is 0. The van der Waals surface area contributed by atoms with Gasteiger partial charge in [0.1, 0.15) is 5.60 Å². The zero-order valence-electron chi connectivity index (χ0n) is 14.1. The smallest absolute Gasteiger partial charge is 0.407 e. The maximum absolute atomic E-state index is 12.5. The molecular weight excluding hydrogens is 334 g/mol. The first-order valence-electron chi connectivity index (χ1n) is 7.60. The lowest BCUT2D eigenvalue weighted by Crippen LogP contribution is -2.43. The first-order valence-corrected chi connectivity index (χ1v) is 8.41. The lowest BCUT2D eigenvalue weighted by atomic mass is 10.1. The summed E-state index contributed by atoms with van der Waals surface area (Å²) in [5.41, 5.74) is -0.586. The SMILES string of the molecule is C[C@@H]1CN(C(=O)c2ccc([N+](=O)[O-])s2)C[C@H]1NC(=O)OC(C)(C)C. The standard InChI is InChI=1S/C15H21N3O5S/c1-9-7-17(8-10(9)16-14(20)23-15(2,3)4)13(19)11-5-6-12(24-11)18(21)22/h5-6,9-10H,7-8H2,1-4H3,(H,16,20)/t9-,10-/m1/s1. The van der Waals surface area contributed by atoms with Gasteiger partial charge in [-0.05, 0) is 32.8 Å². The lowest BCUT2D eigenvalue weighted by molar-refractivity contribution is -0.380. The molecule has 0 spiro atoms. The first-order chi connectivity index (χ1) is 11.1. The number of nitrogens with zero attached hydrogens (tertiary/aromatic N) is 2. The number of rotatable bonds is 3. The van der Waals surface area contributed by atoms with Crippen LogP contribution < -0.4 is 5.32 Å². The average Bonchev–Trinajstić information content (AvgIpc) is 3.04. The van der Waals surface area contributed by atoms with E-state index >= 15 is 0 Å². The Kier molecular flexibility index (Phi) is 5.12. The minimum atomic E-state index is -0.586. The van der Waals surface area contributed by atoms with Gasteiger partial charge in [-0.3, -0.25) is 14.9 Å². The summed E-state index contributed by atoms with van der Waals surface area (Å²) in [5, 5.41) is 13.5. The molecule has 9 heteroatoms. The molecule has 24 heavy (non-hydrogen) atoms. The molecule has 0 aliphatic carbocycles. The van der Waals surface area contributed by atoms with E-state index in [1.807, 2.05) is 6.92 Å². The molecule has 1 fully saturated rings. The highest BCUT2D eigenvalue weighted by molar-refractivity contribution is 7.17. The molecule has 2 amide bonds. The summed E-state index contributed by atoms with van der Waals surface area (Å²) in [5.74, 6) is -0.190. The zero-order valence-corrected chi connectivity index (χ0v) is 14.9. The number of carbonyl (C=O) groups is 2. The largest absolute Gasteiger partial charge is 0.444 e. The predicted molar refractivity (Wildman–Crippen MR) is 89.2 cm³/mol. The van der Waals surface area contributed by atoms with Crippen molar-refractivity contribution < 1.29 is 19.2 Å². The number of nitro groups is 1. The third-order valence-electron chi connectivity index (χ3n) is 3.58. The van der Waals surface area contributed by atoms with Crippen LogP contribution in [-0.4, -0.2) is 46.6 Å². The van der Waals surface area contributed by atoms with Gasteiger partial charge >= 0.3 is 11.1 Å². The maximum atomic E-state index is 12.5. The monoisotopic (exact) mass is 355 g/mol. The van der Waals surface area contributed by atoms with Gasteiger partial charge < -0.3 is 15.0 Å². The number of thiophene rings is 1. The van der Waals surface area contributed by atoms with Crippen LogP contribution in [0.3, 0.4) is 0 Å². The zero-order chi connectivity index (χ0) is 18.1. The van der Waals surface area contributed by atoms with E-state index in [1.165, 1.54) is 12.1 Å². The quantitative estimate of drug-likeness (QED) is 0.663. The van der Waals surface area contributed by atoms with E-state index in [0.717, 1.165) is 11.3 Å². The molecule has 2 atom stereocenters. The molecule has 1 N–H and O–H groups in total. The average molecular weight is 355 g/mol. The second kappa shape index (κ2) is 6.76. The van der Waals surface area contributed by atoms with Crippen molar-refractivity contribution in [2.75, 3.05) is 13.1 Å². The van der Waals surface area contributed by atoms with Crippen molar-refractivity contribution in [3.63, 3.8) is 0 Å². The normalized spacial score (nSPS) is 20.8. The Hall–Kier alpha value is -2.16. The van der Waals surface area contributed by atoms with Crippen molar-refractivity contribution in [3.8, 4) is 0 Å². The van der Waals surface area contributed by atoms with Crippen molar-refractivity contribution in [2.45, 2.75) is 39.3 Å². The molecule has 132 valence electrons. The second-order valence-electron chi connectivity index (χ2n) is 6.84.